The first-order chi connectivity index (χ1) is 17.6. The van der Waals surface area contributed by atoms with Crippen LogP contribution in [-0.2, 0) is 14.3 Å². The van der Waals surface area contributed by atoms with Crippen LogP contribution in [-0.4, -0.2) is 48.2 Å². The van der Waals surface area contributed by atoms with Crippen molar-refractivity contribution in [2.45, 2.75) is 6.92 Å². The van der Waals surface area contributed by atoms with Crippen LogP contribution in [0.15, 0.2) is 72.9 Å². The number of carbonyl (C=O) groups excluding carboxylic acids is 2. The highest BCUT2D eigenvalue weighted by atomic mass is 32.1. The highest BCUT2D eigenvalue weighted by molar-refractivity contribution is 7.15. The van der Waals surface area contributed by atoms with Crippen molar-refractivity contribution in [2.75, 3.05) is 31.3 Å². The number of benzene rings is 2. The third-order valence-electron chi connectivity index (χ3n) is 5.50. The summed E-state index contributed by atoms with van der Waals surface area (Å²) in [5, 5.41) is 0.811. The van der Waals surface area contributed by atoms with Crippen molar-refractivity contribution in [3.8, 4) is 33.5 Å². The Kier molecular flexibility index (Phi) is 6.90. The van der Waals surface area contributed by atoms with E-state index in [2.05, 4.69) is 4.98 Å². The van der Waals surface area contributed by atoms with Crippen LogP contribution >= 0.6 is 11.3 Å². The molecule has 0 atom stereocenters. The van der Waals surface area contributed by atoms with Crippen molar-refractivity contribution in [3.63, 3.8) is 0 Å². The maximum Gasteiger partial charge on any atom is 0.326 e. The second-order valence-corrected chi connectivity index (χ2v) is 9.18. The van der Waals surface area contributed by atoms with Crippen LogP contribution < -0.4 is 14.4 Å². The molecule has 2 aromatic heterocycles. The maximum absolute atomic E-state index is 12.7. The number of anilines is 1. The third-order valence-corrected chi connectivity index (χ3v) is 6.49. The van der Waals surface area contributed by atoms with Crippen LogP contribution in [0.25, 0.3) is 22.0 Å². The van der Waals surface area contributed by atoms with E-state index in [0.29, 0.717) is 17.2 Å². The molecule has 1 amide bonds. The number of rotatable bonds is 8. The second-order valence-electron chi connectivity index (χ2n) is 7.97. The molecule has 0 bridgehead atoms. The van der Waals surface area contributed by atoms with Crippen molar-refractivity contribution < 1.29 is 23.8 Å². The van der Waals surface area contributed by atoms with Gasteiger partial charge in [-0.1, -0.05) is 24.3 Å². The van der Waals surface area contributed by atoms with Crippen LogP contribution in [0.3, 0.4) is 0 Å². The number of nitrogens with zero attached hydrogens (tertiary/aromatic N) is 3. The summed E-state index contributed by atoms with van der Waals surface area (Å²) in [6, 6.07) is 20.5. The van der Waals surface area contributed by atoms with Gasteiger partial charge in [-0.2, -0.15) is 0 Å². The summed E-state index contributed by atoms with van der Waals surface area (Å²) in [7, 11) is 0. The fourth-order valence-corrected chi connectivity index (χ4v) is 4.70. The lowest BCUT2D eigenvalue weighted by atomic mass is 10.1. The summed E-state index contributed by atoms with van der Waals surface area (Å²) in [5.74, 6) is 0.375. The molecule has 0 radical (unpaired) electrons. The predicted octanol–water partition coefficient (Wildman–Crippen LogP) is 4.53. The van der Waals surface area contributed by atoms with Gasteiger partial charge >= 0.3 is 5.97 Å². The Morgan fingerprint density at radius 2 is 1.92 bits per heavy atom. The van der Waals surface area contributed by atoms with E-state index in [1.807, 2.05) is 67.6 Å². The van der Waals surface area contributed by atoms with Crippen LogP contribution in [0.5, 0.6) is 11.5 Å². The average molecular weight is 502 g/mol. The Hall–Kier alpha value is -4.24. The maximum atomic E-state index is 12.7. The van der Waals surface area contributed by atoms with Gasteiger partial charge in [0.2, 0.25) is 0 Å². The first kappa shape index (κ1) is 23.5. The molecule has 9 heteroatoms. The minimum atomic E-state index is -0.527. The molecule has 3 heterocycles. The molecule has 182 valence electrons. The van der Waals surface area contributed by atoms with E-state index >= 15 is 0 Å². The molecule has 0 saturated heterocycles. The Labute approximate surface area is 212 Å². The summed E-state index contributed by atoms with van der Waals surface area (Å²) in [6.45, 7) is 1.92. The Bertz CT molecular complexity index is 1370. The zero-order chi connectivity index (χ0) is 24.9. The number of ether oxygens (including phenoxy) is 3. The number of hydrogen-bond donors (Lipinski definition) is 0. The smallest absolute Gasteiger partial charge is 0.326 e. The molecule has 0 aliphatic carbocycles. The standard InChI is InChI=1S/C27H23N3O5S/c1-18-26(29-27(36-18)21-9-5-6-12-28-21)19-10-11-23-22(15-19)30(24(31)17-35-23)16-25(32)34-14-13-33-20-7-3-2-4-8-20/h2-12,15H,13-14,16-17H2,1H3. The van der Waals surface area contributed by atoms with Gasteiger partial charge in [0, 0.05) is 16.6 Å². The SMILES string of the molecule is Cc1sc(-c2ccccn2)nc1-c1ccc2c(c1)N(CC(=O)OCCOc1ccccc1)C(=O)CO2. The number of aryl methyl sites for hydroxylation is 1. The summed E-state index contributed by atoms with van der Waals surface area (Å²) in [6.07, 6.45) is 1.73. The molecular weight excluding hydrogens is 478 g/mol. The quantitative estimate of drug-likeness (QED) is 0.259. The van der Waals surface area contributed by atoms with Crippen molar-refractivity contribution in [1.82, 2.24) is 9.97 Å². The molecule has 5 rings (SSSR count). The van der Waals surface area contributed by atoms with Crippen molar-refractivity contribution >= 4 is 28.9 Å². The normalized spacial score (nSPS) is 12.6. The van der Waals surface area contributed by atoms with Gasteiger partial charge in [0.1, 0.15) is 36.3 Å². The van der Waals surface area contributed by atoms with Crippen molar-refractivity contribution in [2.24, 2.45) is 0 Å². The van der Waals surface area contributed by atoms with Gasteiger partial charge in [0.25, 0.3) is 5.91 Å². The lowest BCUT2D eigenvalue weighted by Crippen LogP contribution is -2.42. The number of pyridine rings is 1. The lowest BCUT2D eigenvalue weighted by molar-refractivity contribution is -0.143. The van der Waals surface area contributed by atoms with E-state index in [4.69, 9.17) is 19.2 Å². The van der Waals surface area contributed by atoms with Crippen LogP contribution in [0.4, 0.5) is 5.69 Å². The zero-order valence-corrected chi connectivity index (χ0v) is 20.4. The van der Waals surface area contributed by atoms with Crippen LogP contribution in [0, 0.1) is 6.92 Å². The number of fused-ring (bicyclic) bond motifs is 1. The molecule has 1 aliphatic heterocycles. The molecule has 4 aromatic rings. The molecular formula is C27H23N3O5S. The first-order valence-corrected chi connectivity index (χ1v) is 12.2. The second kappa shape index (κ2) is 10.6. The van der Waals surface area contributed by atoms with Gasteiger partial charge in [-0.3, -0.25) is 19.5 Å². The molecule has 0 fully saturated rings. The van der Waals surface area contributed by atoms with E-state index in [1.54, 1.807) is 23.6 Å². The Balaban J connectivity index is 1.30. The van der Waals surface area contributed by atoms with E-state index in [1.165, 1.54) is 4.90 Å². The fraction of sp³-hybridized carbons (Fsp3) is 0.185. The summed E-state index contributed by atoms with van der Waals surface area (Å²) >= 11 is 1.55. The number of para-hydroxylation sites is 1. The number of thiazole rings is 1. The minimum absolute atomic E-state index is 0.0769. The topological polar surface area (TPSA) is 90.9 Å². The van der Waals surface area contributed by atoms with Gasteiger partial charge < -0.3 is 14.2 Å². The van der Waals surface area contributed by atoms with E-state index in [-0.39, 0.29) is 32.3 Å². The van der Waals surface area contributed by atoms with Gasteiger partial charge in [-0.15, -0.1) is 11.3 Å². The van der Waals surface area contributed by atoms with E-state index < -0.39 is 5.97 Å². The number of esters is 1. The summed E-state index contributed by atoms with van der Waals surface area (Å²) < 4.78 is 16.4. The Morgan fingerprint density at radius 1 is 1.08 bits per heavy atom. The highest BCUT2D eigenvalue weighted by Gasteiger charge is 2.29. The molecule has 0 unspecified atom stereocenters. The first-order valence-electron chi connectivity index (χ1n) is 11.4. The van der Waals surface area contributed by atoms with E-state index in [0.717, 1.165) is 26.8 Å². The third kappa shape index (κ3) is 5.21. The molecule has 0 N–H and O–H groups in total. The molecule has 36 heavy (non-hydrogen) atoms. The van der Waals surface area contributed by atoms with Gasteiger partial charge in [-0.25, -0.2) is 4.98 Å². The monoisotopic (exact) mass is 501 g/mol. The molecule has 8 nitrogen and oxygen atoms in total. The number of hydrogen-bond acceptors (Lipinski definition) is 8. The zero-order valence-electron chi connectivity index (χ0n) is 19.5. The lowest BCUT2D eigenvalue weighted by Gasteiger charge is -2.29. The van der Waals surface area contributed by atoms with Crippen molar-refractivity contribution in [3.05, 3.63) is 77.8 Å². The number of aromatic nitrogens is 2. The van der Waals surface area contributed by atoms with Crippen LogP contribution in [0.2, 0.25) is 0 Å². The average Bonchev–Trinajstić information content (AvgIpc) is 3.31. The van der Waals surface area contributed by atoms with Gasteiger partial charge in [0.15, 0.2) is 6.61 Å². The van der Waals surface area contributed by atoms with Crippen molar-refractivity contribution in [1.29, 1.82) is 0 Å². The van der Waals surface area contributed by atoms with Crippen LogP contribution in [0.1, 0.15) is 4.88 Å². The van der Waals surface area contributed by atoms with Gasteiger partial charge in [-0.05, 0) is 49.4 Å². The highest BCUT2D eigenvalue weighted by Crippen LogP contribution is 2.38. The summed E-state index contributed by atoms with van der Waals surface area (Å²) in [5.41, 5.74) is 2.92. The number of amides is 1. The number of carbonyl (C=O) groups is 2. The largest absolute Gasteiger partial charge is 0.490 e. The summed E-state index contributed by atoms with van der Waals surface area (Å²) in [4.78, 5) is 36.8. The minimum Gasteiger partial charge on any atom is -0.490 e. The fourth-order valence-electron chi connectivity index (χ4n) is 3.79. The molecule has 2 aromatic carbocycles. The molecule has 0 spiro atoms. The Morgan fingerprint density at radius 3 is 2.72 bits per heavy atom. The molecule has 1 aliphatic rings. The molecule has 0 saturated carbocycles. The van der Waals surface area contributed by atoms with Gasteiger partial charge in [0.05, 0.1) is 17.1 Å². The predicted molar refractivity (Wildman–Crippen MR) is 136 cm³/mol. The van der Waals surface area contributed by atoms with E-state index in [9.17, 15) is 9.59 Å².